The smallest absolute Gasteiger partial charge is 0.372 e. The molecule has 0 aliphatic rings. The molecule has 7 heteroatoms. The number of Topliss-reactive ketones (excluding diaryl/α,β-unsaturated/α-hetero) is 1. The first-order valence-corrected chi connectivity index (χ1v) is 9.96. The lowest BCUT2D eigenvalue weighted by Gasteiger charge is -2.30. The Labute approximate surface area is 155 Å². The number of halogens is 1. The molecule has 0 spiro atoms. The van der Waals surface area contributed by atoms with Gasteiger partial charge >= 0.3 is 7.60 Å². The van der Waals surface area contributed by atoms with Crippen LogP contribution >= 0.6 is 7.60 Å². The number of alkyl halides is 1. The second-order valence-corrected chi connectivity index (χ2v) is 10.5. The summed E-state index contributed by atoms with van der Waals surface area (Å²) in [6, 6.07) is 3.19. The van der Waals surface area contributed by atoms with Gasteiger partial charge in [0.25, 0.3) is 5.91 Å². The highest BCUT2D eigenvalue weighted by molar-refractivity contribution is 7.55. The first-order chi connectivity index (χ1) is 11.7. The quantitative estimate of drug-likeness (QED) is 0.492. The molecule has 0 aromatic heterocycles. The highest BCUT2D eigenvalue weighted by Gasteiger charge is 2.41. The van der Waals surface area contributed by atoms with Crippen molar-refractivity contribution >= 4 is 13.4 Å². The van der Waals surface area contributed by atoms with Gasteiger partial charge in [-0.15, -0.1) is 0 Å². The van der Waals surface area contributed by atoms with Gasteiger partial charge in [0.1, 0.15) is 5.75 Å². The zero-order chi connectivity index (χ0) is 20.5. The SMILES string of the molecule is COc1c(C(C)(C)C)cc(C(=O)C(F)P(=O)(OC)OC)cc1C(C)(C)C. The molecule has 0 aliphatic carbocycles. The molecule has 1 rings (SSSR count). The second-order valence-electron chi connectivity index (χ2n) is 8.21. The second kappa shape index (κ2) is 7.79. The minimum Gasteiger partial charge on any atom is -0.496 e. The van der Waals surface area contributed by atoms with Gasteiger partial charge < -0.3 is 13.8 Å². The van der Waals surface area contributed by atoms with Crippen molar-refractivity contribution in [2.75, 3.05) is 21.3 Å². The molecule has 26 heavy (non-hydrogen) atoms. The Hall–Kier alpha value is -1.23. The molecule has 0 fully saturated rings. The molecule has 0 amide bonds. The van der Waals surface area contributed by atoms with Gasteiger partial charge in [0.15, 0.2) is 0 Å². The predicted octanol–water partition coefficient (Wildman–Crippen LogP) is 5.25. The highest BCUT2D eigenvalue weighted by Crippen LogP contribution is 2.53. The standard InChI is InChI=1S/C19H30FO5P/c1-18(2,3)13-10-12(11-14(16(13)23-7)19(4,5)6)15(21)17(20)26(22,24-8)25-9/h10-11,17H,1-9H3. The third-order valence-corrected chi connectivity index (χ3v) is 6.00. The Morgan fingerprint density at radius 3 is 1.62 bits per heavy atom. The topological polar surface area (TPSA) is 61.8 Å². The van der Waals surface area contributed by atoms with Crippen LogP contribution in [0, 0.1) is 0 Å². The fraction of sp³-hybridized carbons (Fsp3) is 0.632. The normalized spacial score (nSPS) is 14.2. The fourth-order valence-corrected chi connectivity index (χ4v) is 3.60. The minimum absolute atomic E-state index is 0.113. The van der Waals surface area contributed by atoms with Crippen molar-refractivity contribution in [3.05, 3.63) is 28.8 Å². The summed E-state index contributed by atoms with van der Waals surface area (Å²) in [5, 5.41) is 0. The van der Waals surface area contributed by atoms with Crippen LogP contribution in [0.1, 0.15) is 63.0 Å². The van der Waals surface area contributed by atoms with E-state index >= 15 is 0 Å². The van der Waals surface area contributed by atoms with Crippen molar-refractivity contribution in [1.29, 1.82) is 0 Å². The van der Waals surface area contributed by atoms with E-state index in [1.54, 1.807) is 19.2 Å². The van der Waals surface area contributed by atoms with Crippen LogP contribution in [-0.4, -0.2) is 33.0 Å². The van der Waals surface area contributed by atoms with Gasteiger partial charge in [-0.05, 0) is 23.0 Å². The number of ether oxygens (including phenoxy) is 1. The maximum atomic E-state index is 14.7. The molecule has 0 saturated carbocycles. The lowest BCUT2D eigenvalue weighted by atomic mass is 9.78. The fourth-order valence-electron chi connectivity index (χ4n) is 2.65. The van der Waals surface area contributed by atoms with Crippen LogP contribution in [0.5, 0.6) is 5.75 Å². The van der Waals surface area contributed by atoms with Crippen LogP contribution in [0.15, 0.2) is 12.1 Å². The van der Waals surface area contributed by atoms with E-state index in [1.807, 2.05) is 41.5 Å². The molecule has 0 bridgehead atoms. The monoisotopic (exact) mass is 388 g/mol. The molecule has 5 nitrogen and oxygen atoms in total. The van der Waals surface area contributed by atoms with Crippen molar-refractivity contribution in [2.45, 2.75) is 58.3 Å². The van der Waals surface area contributed by atoms with Crippen LogP contribution in [0.4, 0.5) is 4.39 Å². The van der Waals surface area contributed by atoms with Crippen molar-refractivity contribution < 1.29 is 27.5 Å². The van der Waals surface area contributed by atoms with Crippen LogP contribution in [0.2, 0.25) is 0 Å². The van der Waals surface area contributed by atoms with E-state index in [4.69, 9.17) is 4.74 Å². The molecule has 0 heterocycles. The van der Waals surface area contributed by atoms with E-state index < -0.39 is 19.3 Å². The summed E-state index contributed by atoms with van der Waals surface area (Å²) < 4.78 is 41.9. The Morgan fingerprint density at radius 1 is 0.962 bits per heavy atom. The van der Waals surface area contributed by atoms with Crippen molar-refractivity contribution in [3.63, 3.8) is 0 Å². The molecule has 0 aliphatic heterocycles. The molecule has 1 aromatic rings. The van der Waals surface area contributed by atoms with E-state index in [2.05, 4.69) is 9.05 Å². The van der Waals surface area contributed by atoms with Gasteiger partial charge in [0, 0.05) is 30.9 Å². The Kier molecular flexibility index (Phi) is 6.84. The van der Waals surface area contributed by atoms with E-state index in [1.165, 1.54) is 0 Å². The van der Waals surface area contributed by atoms with Gasteiger partial charge in [-0.2, -0.15) is 0 Å². The number of carbonyl (C=O) groups is 1. The Morgan fingerprint density at radius 2 is 1.35 bits per heavy atom. The van der Waals surface area contributed by atoms with Gasteiger partial charge in [-0.25, -0.2) is 4.39 Å². The number of hydrogen-bond donors (Lipinski definition) is 0. The molecule has 0 N–H and O–H groups in total. The van der Waals surface area contributed by atoms with Crippen LogP contribution in [0.3, 0.4) is 0 Å². The summed E-state index contributed by atoms with van der Waals surface area (Å²) in [5.41, 5.74) is 0.960. The summed E-state index contributed by atoms with van der Waals surface area (Å²) >= 11 is 0. The first-order valence-electron chi connectivity index (χ1n) is 8.35. The van der Waals surface area contributed by atoms with Crippen molar-refractivity contribution in [1.82, 2.24) is 0 Å². The van der Waals surface area contributed by atoms with E-state index in [0.29, 0.717) is 5.75 Å². The molecule has 1 unspecified atom stereocenters. The summed E-state index contributed by atoms with van der Waals surface area (Å²) in [4.78, 5) is 12.7. The number of methoxy groups -OCH3 is 1. The molecular weight excluding hydrogens is 358 g/mol. The first kappa shape index (κ1) is 22.8. The third kappa shape index (κ3) is 4.54. The summed E-state index contributed by atoms with van der Waals surface area (Å²) in [6.07, 6.45) is 0. The van der Waals surface area contributed by atoms with Crippen LogP contribution in [0.25, 0.3) is 0 Å². The number of rotatable bonds is 6. The lowest BCUT2D eigenvalue weighted by molar-refractivity contribution is 0.0905. The average molecular weight is 388 g/mol. The van der Waals surface area contributed by atoms with Crippen LogP contribution < -0.4 is 4.74 Å². The predicted molar refractivity (Wildman–Crippen MR) is 101 cm³/mol. The summed E-state index contributed by atoms with van der Waals surface area (Å²) in [6.45, 7) is 11.9. The molecule has 1 aromatic carbocycles. The molecule has 1 atom stereocenters. The lowest BCUT2D eigenvalue weighted by Crippen LogP contribution is -2.23. The minimum atomic E-state index is -4.17. The molecular formula is C19H30FO5P. The van der Waals surface area contributed by atoms with Crippen molar-refractivity contribution in [3.8, 4) is 5.75 Å². The third-order valence-electron chi connectivity index (χ3n) is 4.20. The Balaban J connectivity index is 3.69. The van der Waals surface area contributed by atoms with Gasteiger partial charge in [0.05, 0.1) is 7.11 Å². The largest absolute Gasteiger partial charge is 0.496 e. The number of ketones is 1. The number of hydrogen-bond acceptors (Lipinski definition) is 5. The highest BCUT2D eigenvalue weighted by atomic mass is 31.2. The van der Waals surface area contributed by atoms with Gasteiger partial charge in [-0.1, -0.05) is 41.5 Å². The molecule has 0 radical (unpaired) electrons. The molecule has 148 valence electrons. The average Bonchev–Trinajstić information content (AvgIpc) is 2.56. The van der Waals surface area contributed by atoms with E-state index in [-0.39, 0.29) is 16.4 Å². The summed E-state index contributed by atoms with van der Waals surface area (Å²) in [7, 11) is -0.489. The number of benzene rings is 1. The van der Waals surface area contributed by atoms with Gasteiger partial charge in [-0.3, -0.25) is 9.36 Å². The zero-order valence-electron chi connectivity index (χ0n) is 17.1. The molecule has 0 saturated heterocycles. The number of carbonyl (C=O) groups excluding carboxylic acids is 1. The van der Waals surface area contributed by atoms with Crippen molar-refractivity contribution in [2.24, 2.45) is 0 Å². The maximum Gasteiger partial charge on any atom is 0.372 e. The van der Waals surface area contributed by atoms with E-state index in [0.717, 1.165) is 25.3 Å². The maximum absolute atomic E-state index is 14.7. The summed E-state index contributed by atoms with van der Waals surface area (Å²) in [5.74, 6) is -2.67. The Bertz CT molecular complexity index is 673. The zero-order valence-corrected chi connectivity index (χ0v) is 18.0. The van der Waals surface area contributed by atoms with Crippen LogP contribution in [-0.2, 0) is 24.4 Å². The van der Waals surface area contributed by atoms with Gasteiger partial charge in [0.2, 0.25) is 5.78 Å². The van der Waals surface area contributed by atoms with E-state index in [9.17, 15) is 13.8 Å².